The van der Waals surface area contributed by atoms with E-state index >= 15 is 0 Å². The van der Waals surface area contributed by atoms with Crippen LogP contribution in [0.15, 0.2) is 0 Å². The van der Waals surface area contributed by atoms with Crippen LogP contribution in [-0.2, 0) is 0 Å². The molecule has 0 aromatic heterocycles. The molecule has 0 aliphatic rings. The average Bonchev–Trinajstić information content (AvgIpc) is 2.39. The van der Waals surface area contributed by atoms with E-state index in [1.165, 1.54) is 59.1 Å². The highest BCUT2D eigenvalue weighted by Gasteiger charge is 2.07. The van der Waals surface area contributed by atoms with Crippen LogP contribution in [0.5, 0.6) is 0 Å². The van der Waals surface area contributed by atoms with Gasteiger partial charge in [0, 0.05) is 0 Å². The third-order valence-corrected chi connectivity index (χ3v) is 4.33. The maximum absolute atomic E-state index is 2.23. The maximum Gasteiger partial charge on any atom is -0.0392 e. The summed E-state index contributed by atoms with van der Waals surface area (Å²) in [4.78, 5) is 0. The summed E-state index contributed by atoms with van der Waals surface area (Å²) in [5.74, 6) is 0. The van der Waals surface area contributed by atoms with Gasteiger partial charge in [0.25, 0.3) is 0 Å². The van der Waals surface area contributed by atoms with Crippen molar-refractivity contribution in [1.29, 1.82) is 0 Å². The molecule has 0 saturated heterocycles. The van der Waals surface area contributed by atoms with Crippen LogP contribution in [0.1, 0.15) is 72.9 Å². The molecule has 0 radical (unpaired) electrons. The monoisotopic (exact) mass is 248 g/mol. The van der Waals surface area contributed by atoms with Gasteiger partial charge in [-0.15, -0.1) is 0 Å². The minimum Gasteiger partial charge on any atom is -0.0654 e. The predicted molar refractivity (Wildman–Crippen MR) is 84.7 cm³/mol. The molecule has 18 heavy (non-hydrogen) atoms. The molecule has 0 heterocycles. The van der Waals surface area contributed by atoms with Gasteiger partial charge < -0.3 is 0 Å². The summed E-state index contributed by atoms with van der Waals surface area (Å²) in [6.07, 6.45) is 5.54. The first-order valence-electron chi connectivity index (χ1n) is 7.41. The summed E-state index contributed by atoms with van der Waals surface area (Å²) >= 11 is 0. The molecular weight excluding hydrogens is 216 g/mol. The predicted octanol–water partition coefficient (Wildman–Crippen LogP) is 6.12. The molecule has 0 bridgehead atoms. The number of hydrogen-bond donors (Lipinski definition) is 0. The SMILES string of the molecule is CCCCCC.Cc1c(C)c(C)c(C)c(C)c1C. The topological polar surface area (TPSA) is 0 Å². The zero-order chi connectivity index (χ0) is 14.3. The van der Waals surface area contributed by atoms with Crippen molar-refractivity contribution in [2.24, 2.45) is 0 Å². The van der Waals surface area contributed by atoms with E-state index in [-0.39, 0.29) is 0 Å². The number of unbranched alkanes of at least 4 members (excludes halogenated alkanes) is 3. The molecule has 1 rings (SSSR count). The molecule has 1 aromatic carbocycles. The van der Waals surface area contributed by atoms with Crippen molar-refractivity contribution in [1.82, 2.24) is 0 Å². The van der Waals surface area contributed by atoms with Crippen molar-refractivity contribution < 1.29 is 0 Å². The Morgan fingerprint density at radius 1 is 0.444 bits per heavy atom. The fraction of sp³-hybridized carbons (Fsp3) is 0.667. The third-order valence-electron chi connectivity index (χ3n) is 4.33. The Bertz CT molecular complexity index is 263. The van der Waals surface area contributed by atoms with Crippen LogP contribution >= 0.6 is 0 Å². The van der Waals surface area contributed by atoms with Gasteiger partial charge in [-0.1, -0.05) is 39.5 Å². The summed E-state index contributed by atoms with van der Waals surface area (Å²) < 4.78 is 0. The summed E-state index contributed by atoms with van der Waals surface area (Å²) in [6.45, 7) is 17.7. The molecule has 104 valence electrons. The summed E-state index contributed by atoms with van der Waals surface area (Å²) in [7, 11) is 0. The minimum absolute atomic E-state index is 1.36. The zero-order valence-electron chi connectivity index (χ0n) is 13.8. The summed E-state index contributed by atoms with van der Waals surface area (Å²) in [5, 5.41) is 0. The molecule has 0 aliphatic heterocycles. The van der Waals surface area contributed by atoms with Crippen LogP contribution in [0.25, 0.3) is 0 Å². The van der Waals surface area contributed by atoms with E-state index in [0.29, 0.717) is 0 Å². The second-order valence-electron chi connectivity index (χ2n) is 5.46. The Balaban J connectivity index is 0.000000411. The molecule has 0 aliphatic carbocycles. The Kier molecular flexibility index (Phi) is 7.98. The molecule has 0 spiro atoms. The lowest BCUT2D eigenvalue weighted by molar-refractivity contribution is 0.702. The minimum atomic E-state index is 1.36. The van der Waals surface area contributed by atoms with Crippen molar-refractivity contribution in [2.45, 2.75) is 81.1 Å². The van der Waals surface area contributed by atoms with Crippen molar-refractivity contribution in [3.63, 3.8) is 0 Å². The lowest BCUT2D eigenvalue weighted by Gasteiger charge is -2.15. The van der Waals surface area contributed by atoms with Gasteiger partial charge >= 0.3 is 0 Å². The van der Waals surface area contributed by atoms with Crippen LogP contribution in [0, 0.1) is 41.5 Å². The lowest BCUT2D eigenvalue weighted by atomic mass is 9.90. The fourth-order valence-corrected chi connectivity index (χ4v) is 2.19. The molecule has 1 aromatic rings. The first-order valence-corrected chi connectivity index (χ1v) is 7.41. The van der Waals surface area contributed by atoms with Gasteiger partial charge in [-0.3, -0.25) is 0 Å². The molecule has 0 atom stereocenters. The summed E-state index contributed by atoms with van der Waals surface area (Å²) in [6, 6.07) is 0. The van der Waals surface area contributed by atoms with Gasteiger partial charge in [-0.05, 0) is 74.9 Å². The third kappa shape index (κ3) is 4.48. The van der Waals surface area contributed by atoms with Crippen LogP contribution in [0.4, 0.5) is 0 Å². The van der Waals surface area contributed by atoms with E-state index in [2.05, 4.69) is 55.4 Å². The quantitative estimate of drug-likeness (QED) is 0.565. The van der Waals surface area contributed by atoms with Crippen molar-refractivity contribution >= 4 is 0 Å². The van der Waals surface area contributed by atoms with Crippen LogP contribution < -0.4 is 0 Å². The Morgan fingerprint density at radius 2 is 0.611 bits per heavy atom. The molecule has 0 heteroatoms. The Hall–Kier alpha value is -0.780. The second-order valence-corrected chi connectivity index (χ2v) is 5.46. The first kappa shape index (κ1) is 17.2. The van der Waals surface area contributed by atoms with Gasteiger partial charge in [0.2, 0.25) is 0 Å². The molecule has 0 unspecified atom stereocenters. The molecule has 0 N–H and O–H groups in total. The van der Waals surface area contributed by atoms with Crippen molar-refractivity contribution in [3.05, 3.63) is 33.4 Å². The van der Waals surface area contributed by atoms with Gasteiger partial charge in [0.1, 0.15) is 0 Å². The number of rotatable bonds is 3. The van der Waals surface area contributed by atoms with E-state index < -0.39 is 0 Å². The van der Waals surface area contributed by atoms with E-state index in [0.717, 1.165) is 0 Å². The zero-order valence-corrected chi connectivity index (χ0v) is 13.8. The van der Waals surface area contributed by atoms with Crippen LogP contribution in [-0.4, -0.2) is 0 Å². The Morgan fingerprint density at radius 3 is 0.722 bits per heavy atom. The highest BCUT2D eigenvalue weighted by Crippen LogP contribution is 2.24. The van der Waals surface area contributed by atoms with E-state index in [9.17, 15) is 0 Å². The van der Waals surface area contributed by atoms with E-state index in [4.69, 9.17) is 0 Å². The van der Waals surface area contributed by atoms with Crippen molar-refractivity contribution in [3.8, 4) is 0 Å². The molecule has 0 saturated carbocycles. The average molecular weight is 248 g/mol. The highest BCUT2D eigenvalue weighted by molar-refractivity contribution is 5.48. The number of hydrogen-bond acceptors (Lipinski definition) is 0. The summed E-state index contributed by atoms with van der Waals surface area (Å²) in [5.41, 5.74) is 8.73. The Labute approximate surface area is 115 Å². The van der Waals surface area contributed by atoms with Crippen LogP contribution in [0.2, 0.25) is 0 Å². The molecule has 0 amide bonds. The number of benzene rings is 1. The van der Waals surface area contributed by atoms with Gasteiger partial charge in [-0.2, -0.15) is 0 Å². The standard InChI is InChI=1S/C12H18.C6H14/c1-7-8(2)10(4)12(6)11(5)9(7)3;1-3-5-6-4-2/h1-6H3;3-6H2,1-2H3. The largest absolute Gasteiger partial charge is 0.0654 e. The maximum atomic E-state index is 2.23. The first-order chi connectivity index (χ1) is 8.38. The fourth-order valence-electron chi connectivity index (χ4n) is 2.19. The highest BCUT2D eigenvalue weighted by atomic mass is 14.1. The smallest absolute Gasteiger partial charge is 0.0392 e. The molecule has 0 fully saturated rings. The van der Waals surface area contributed by atoms with E-state index in [1.54, 1.807) is 0 Å². The van der Waals surface area contributed by atoms with Gasteiger partial charge in [0.15, 0.2) is 0 Å². The normalized spacial score (nSPS) is 10.0. The second kappa shape index (κ2) is 8.34. The lowest BCUT2D eigenvalue weighted by Crippen LogP contribution is -1.98. The van der Waals surface area contributed by atoms with Gasteiger partial charge in [-0.25, -0.2) is 0 Å². The molecular formula is C18H32. The van der Waals surface area contributed by atoms with Crippen molar-refractivity contribution in [2.75, 3.05) is 0 Å². The van der Waals surface area contributed by atoms with Gasteiger partial charge in [0.05, 0.1) is 0 Å². The van der Waals surface area contributed by atoms with Crippen LogP contribution in [0.3, 0.4) is 0 Å². The van der Waals surface area contributed by atoms with E-state index in [1.807, 2.05) is 0 Å². The molecule has 0 nitrogen and oxygen atoms in total.